The number of hydrogen-bond donors (Lipinski definition) is 3. The number of aryl methyl sites for hydroxylation is 1. The average molecular weight is 361 g/mol. The third-order valence-corrected chi connectivity index (χ3v) is 3.87. The lowest BCUT2D eigenvalue weighted by Crippen LogP contribution is -2.38. The third-order valence-electron chi connectivity index (χ3n) is 3.87. The molecular weight excluding hydrogens is 336 g/mol. The van der Waals surface area contributed by atoms with Gasteiger partial charge in [-0.3, -0.25) is 4.99 Å². The molecule has 0 spiro atoms. The van der Waals surface area contributed by atoms with E-state index in [2.05, 4.69) is 15.6 Å². The van der Waals surface area contributed by atoms with Gasteiger partial charge in [0.05, 0.1) is 0 Å². The van der Waals surface area contributed by atoms with Crippen molar-refractivity contribution in [1.29, 1.82) is 0 Å². The number of nitrogens with zero attached hydrogens (tertiary/aromatic N) is 1. The van der Waals surface area contributed by atoms with Gasteiger partial charge in [-0.05, 0) is 67.6 Å². The summed E-state index contributed by atoms with van der Waals surface area (Å²) >= 11 is 0. The third kappa shape index (κ3) is 6.70. The first-order chi connectivity index (χ1) is 12.6. The highest BCUT2D eigenvalue weighted by molar-refractivity contribution is 5.79. The molecule has 4 nitrogen and oxygen atoms in total. The van der Waals surface area contributed by atoms with Crippen LogP contribution in [0.3, 0.4) is 0 Å². The van der Waals surface area contributed by atoms with Gasteiger partial charge in [0.25, 0.3) is 0 Å². The summed E-state index contributed by atoms with van der Waals surface area (Å²) in [7, 11) is 0. The van der Waals surface area contributed by atoms with Gasteiger partial charge in [0, 0.05) is 19.6 Å². The highest BCUT2D eigenvalue weighted by Crippen LogP contribution is 2.11. The highest BCUT2D eigenvalue weighted by atomic mass is 19.1. The Labute approximate surface area is 153 Å². The molecule has 0 aliphatic rings. The molecule has 3 N–H and O–H groups in total. The summed E-state index contributed by atoms with van der Waals surface area (Å²) < 4.78 is 26.8. The Morgan fingerprint density at radius 1 is 1.04 bits per heavy atom. The predicted octanol–water partition coefficient (Wildman–Crippen LogP) is 3.40. The fraction of sp³-hybridized carbons (Fsp3) is 0.350. The normalized spacial score (nSPS) is 11.4. The van der Waals surface area contributed by atoms with Gasteiger partial charge in [-0.25, -0.2) is 8.78 Å². The highest BCUT2D eigenvalue weighted by Gasteiger charge is 2.04. The first-order valence-electron chi connectivity index (χ1n) is 8.82. The molecule has 0 amide bonds. The second-order valence-electron chi connectivity index (χ2n) is 5.94. The van der Waals surface area contributed by atoms with Crippen LogP contribution in [0.25, 0.3) is 0 Å². The maximum Gasteiger partial charge on any atom is 0.191 e. The van der Waals surface area contributed by atoms with Gasteiger partial charge in [0.1, 0.15) is 17.4 Å². The molecule has 0 heterocycles. The molecule has 2 aromatic rings. The van der Waals surface area contributed by atoms with Crippen LogP contribution in [0.4, 0.5) is 8.78 Å². The van der Waals surface area contributed by atoms with E-state index in [1.165, 1.54) is 6.07 Å². The van der Waals surface area contributed by atoms with Crippen molar-refractivity contribution >= 4 is 5.96 Å². The van der Waals surface area contributed by atoms with Gasteiger partial charge >= 0.3 is 0 Å². The molecule has 2 rings (SSSR count). The number of phenolic OH excluding ortho intramolecular Hbond substituents is 1. The maximum atomic E-state index is 13.6. The van der Waals surface area contributed by atoms with Gasteiger partial charge in [-0.15, -0.1) is 0 Å². The first kappa shape index (κ1) is 19.7. The number of nitrogens with one attached hydrogen (secondary N) is 2. The number of benzene rings is 2. The minimum atomic E-state index is -0.434. The number of phenols is 1. The van der Waals surface area contributed by atoms with E-state index in [1.54, 1.807) is 12.1 Å². The number of guanidine groups is 1. The molecule has 0 aliphatic heterocycles. The summed E-state index contributed by atoms with van der Waals surface area (Å²) in [6.45, 7) is 3.80. The lowest BCUT2D eigenvalue weighted by Gasteiger charge is -2.11. The van der Waals surface area contributed by atoms with Crippen molar-refractivity contribution in [2.24, 2.45) is 4.99 Å². The lowest BCUT2D eigenvalue weighted by atomic mass is 10.1. The molecular formula is C20H25F2N3O. The molecule has 26 heavy (non-hydrogen) atoms. The van der Waals surface area contributed by atoms with Gasteiger partial charge in [-0.2, -0.15) is 0 Å². The van der Waals surface area contributed by atoms with Crippen LogP contribution >= 0.6 is 0 Å². The van der Waals surface area contributed by atoms with Gasteiger partial charge in [0.2, 0.25) is 0 Å². The van der Waals surface area contributed by atoms with E-state index < -0.39 is 11.6 Å². The Hall–Kier alpha value is -2.63. The van der Waals surface area contributed by atoms with Crippen molar-refractivity contribution in [2.75, 3.05) is 19.6 Å². The predicted molar refractivity (Wildman–Crippen MR) is 100 cm³/mol. The quantitative estimate of drug-likeness (QED) is 0.384. The smallest absolute Gasteiger partial charge is 0.191 e. The Balaban J connectivity index is 1.78. The summed E-state index contributed by atoms with van der Waals surface area (Å²) in [6.07, 6.45) is 2.12. The Bertz CT molecular complexity index is 717. The second-order valence-corrected chi connectivity index (χ2v) is 5.94. The first-order valence-corrected chi connectivity index (χ1v) is 8.82. The number of aliphatic imine (C=N–C) groups is 1. The monoisotopic (exact) mass is 361 g/mol. The van der Waals surface area contributed by atoms with Crippen LogP contribution < -0.4 is 10.6 Å². The van der Waals surface area contributed by atoms with Crippen LogP contribution in [-0.2, 0) is 12.8 Å². The molecule has 0 bridgehead atoms. The summed E-state index contributed by atoms with van der Waals surface area (Å²) in [4.78, 5) is 4.49. The molecule has 0 aliphatic carbocycles. The van der Waals surface area contributed by atoms with E-state index in [4.69, 9.17) is 0 Å². The van der Waals surface area contributed by atoms with Crippen LogP contribution in [0.5, 0.6) is 5.75 Å². The Kier molecular flexibility index (Phi) is 7.86. The van der Waals surface area contributed by atoms with E-state index in [1.807, 2.05) is 19.1 Å². The van der Waals surface area contributed by atoms with Gasteiger partial charge in [-0.1, -0.05) is 12.1 Å². The van der Waals surface area contributed by atoms with Crippen molar-refractivity contribution in [1.82, 2.24) is 10.6 Å². The molecule has 0 unspecified atom stereocenters. The van der Waals surface area contributed by atoms with Crippen molar-refractivity contribution in [3.63, 3.8) is 0 Å². The van der Waals surface area contributed by atoms with Crippen molar-refractivity contribution < 1.29 is 13.9 Å². The number of rotatable bonds is 8. The Morgan fingerprint density at radius 2 is 1.81 bits per heavy atom. The van der Waals surface area contributed by atoms with Crippen molar-refractivity contribution in [2.45, 2.75) is 26.2 Å². The minimum absolute atomic E-state index is 0.264. The van der Waals surface area contributed by atoms with Crippen LogP contribution in [-0.4, -0.2) is 30.7 Å². The second kappa shape index (κ2) is 10.4. The van der Waals surface area contributed by atoms with Crippen molar-refractivity contribution in [3.05, 3.63) is 65.2 Å². The average Bonchev–Trinajstić information content (AvgIpc) is 2.63. The fourth-order valence-electron chi connectivity index (χ4n) is 2.53. The number of aromatic hydroxyl groups is 1. The molecule has 0 saturated heterocycles. The zero-order valence-corrected chi connectivity index (χ0v) is 14.9. The molecule has 0 radical (unpaired) electrons. The maximum absolute atomic E-state index is 13.6. The molecule has 140 valence electrons. The topological polar surface area (TPSA) is 56.7 Å². The largest absolute Gasteiger partial charge is 0.508 e. The fourth-order valence-corrected chi connectivity index (χ4v) is 2.53. The zero-order chi connectivity index (χ0) is 18.8. The molecule has 0 fully saturated rings. The summed E-state index contributed by atoms with van der Waals surface area (Å²) in [5, 5.41) is 15.6. The van der Waals surface area contributed by atoms with E-state index in [-0.39, 0.29) is 5.75 Å². The summed E-state index contributed by atoms with van der Waals surface area (Å²) in [5.41, 5.74) is 1.50. The standard InChI is InChI=1S/C20H25F2N3O/c1-2-23-20(24-12-3-4-15-5-8-18(26)9-6-15)25-13-11-16-14-17(21)7-10-19(16)22/h5-10,14,26H,2-4,11-13H2,1H3,(H2,23,24,25). The van der Waals surface area contributed by atoms with Crippen molar-refractivity contribution in [3.8, 4) is 5.75 Å². The number of halogens is 2. The van der Waals surface area contributed by atoms with Crippen LogP contribution in [0.2, 0.25) is 0 Å². The van der Waals surface area contributed by atoms with E-state index in [9.17, 15) is 13.9 Å². The molecule has 0 aromatic heterocycles. The molecule has 0 saturated carbocycles. The summed E-state index contributed by atoms with van der Waals surface area (Å²) in [6, 6.07) is 10.6. The van der Waals surface area contributed by atoms with Crippen LogP contribution in [0, 0.1) is 11.6 Å². The summed E-state index contributed by atoms with van der Waals surface area (Å²) in [5.74, 6) is 0.0930. The van der Waals surface area contributed by atoms with Gasteiger partial charge < -0.3 is 15.7 Å². The van der Waals surface area contributed by atoms with Crippen LogP contribution in [0.1, 0.15) is 24.5 Å². The minimum Gasteiger partial charge on any atom is -0.508 e. The van der Waals surface area contributed by atoms with Gasteiger partial charge in [0.15, 0.2) is 5.96 Å². The van der Waals surface area contributed by atoms with Crippen LogP contribution in [0.15, 0.2) is 47.5 Å². The van der Waals surface area contributed by atoms with E-state index >= 15 is 0 Å². The van der Waals surface area contributed by atoms with E-state index in [0.717, 1.165) is 37.1 Å². The molecule has 2 aromatic carbocycles. The van der Waals surface area contributed by atoms with E-state index in [0.29, 0.717) is 31.0 Å². The zero-order valence-electron chi connectivity index (χ0n) is 14.9. The number of hydrogen-bond acceptors (Lipinski definition) is 2. The SMILES string of the molecule is CCNC(=NCCCc1ccc(O)cc1)NCCc1cc(F)ccc1F. The lowest BCUT2D eigenvalue weighted by molar-refractivity contribution is 0.475. The molecule has 6 heteroatoms. The molecule has 0 atom stereocenters. The Morgan fingerprint density at radius 3 is 2.54 bits per heavy atom.